The molecule has 3 nitrogen and oxygen atoms in total. The van der Waals surface area contributed by atoms with E-state index in [1.807, 2.05) is 0 Å². The van der Waals surface area contributed by atoms with Crippen molar-refractivity contribution in [2.24, 2.45) is 5.73 Å². The zero-order chi connectivity index (χ0) is 12.3. The lowest BCUT2D eigenvalue weighted by Gasteiger charge is -2.15. The van der Waals surface area contributed by atoms with E-state index in [-0.39, 0.29) is 24.3 Å². The maximum atomic E-state index is 12.8. The number of hydrogen-bond donors (Lipinski definition) is 1. The second-order valence-electron chi connectivity index (χ2n) is 4.27. The molecule has 0 aliphatic carbocycles. The minimum atomic E-state index is -0.354. The number of likely N-dealkylation sites (tertiary alicyclic amines) is 1. The van der Waals surface area contributed by atoms with E-state index in [9.17, 15) is 4.39 Å². The smallest absolute Gasteiger partial charge is 0.138 e. The molecule has 102 valence electrons. The molecular formula is C12H17Cl2FN2O. The molecular weight excluding hydrogens is 278 g/mol. The zero-order valence-corrected chi connectivity index (χ0v) is 11.5. The molecule has 2 rings (SSSR count). The van der Waals surface area contributed by atoms with Crippen molar-refractivity contribution >= 4 is 24.0 Å². The first-order chi connectivity index (χ1) is 8.15. The van der Waals surface area contributed by atoms with E-state index in [1.54, 1.807) is 6.07 Å². The topological polar surface area (TPSA) is 38.5 Å². The van der Waals surface area contributed by atoms with Crippen LogP contribution in [0.1, 0.15) is 6.42 Å². The molecule has 1 saturated heterocycles. The number of halogens is 3. The van der Waals surface area contributed by atoms with Crippen LogP contribution in [-0.4, -0.2) is 37.2 Å². The van der Waals surface area contributed by atoms with Gasteiger partial charge in [0.1, 0.15) is 18.2 Å². The normalized spacial score (nSPS) is 19.6. The SMILES string of the molecule is Cl.N[C@@H]1CCN(CCOc2ccc(F)cc2Cl)C1. The van der Waals surface area contributed by atoms with Gasteiger partial charge in [-0.1, -0.05) is 11.6 Å². The average Bonchev–Trinajstić information content (AvgIpc) is 2.68. The minimum Gasteiger partial charge on any atom is -0.491 e. The fourth-order valence-corrected chi connectivity index (χ4v) is 2.16. The van der Waals surface area contributed by atoms with E-state index >= 15 is 0 Å². The highest BCUT2D eigenvalue weighted by Crippen LogP contribution is 2.24. The molecule has 1 aromatic rings. The first-order valence-electron chi connectivity index (χ1n) is 5.71. The molecule has 1 aliphatic heterocycles. The van der Waals surface area contributed by atoms with Crippen LogP contribution < -0.4 is 10.5 Å². The van der Waals surface area contributed by atoms with Gasteiger partial charge in [0.2, 0.25) is 0 Å². The number of benzene rings is 1. The molecule has 0 unspecified atom stereocenters. The molecule has 0 amide bonds. The van der Waals surface area contributed by atoms with Crippen molar-refractivity contribution < 1.29 is 9.13 Å². The predicted octanol–water partition coefficient (Wildman–Crippen LogP) is 2.31. The molecule has 0 radical (unpaired) electrons. The molecule has 6 heteroatoms. The summed E-state index contributed by atoms with van der Waals surface area (Å²) in [5.41, 5.74) is 5.80. The van der Waals surface area contributed by atoms with Crippen LogP contribution in [0.15, 0.2) is 18.2 Å². The maximum Gasteiger partial charge on any atom is 0.138 e. The fraction of sp³-hybridized carbons (Fsp3) is 0.500. The van der Waals surface area contributed by atoms with E-state index in [0.717, 1.165) is 26.1 Å². The quantitative estimate of drug-likeness (QED) is 0.926. The monoisotopic (exact) mass is 294 g/mol. The van der Waals surface area contributed by atoms with Crippen LogP contribution in [0, 0.1) is 5.82 Å². The van der Waals surface area contributed by atoms with Crippen molar-refractivity contribution in [2.75, 3.05) is 26.2 Å². The predicted molar refractivity (Wildman–Crippen MR) is 73.2 cm³/mol. The van der Waals surface area contributed by atoms with E-state index in [1.165, 1.54) is 12.1 Å². The van der Waals surface area contributed by atoms with Crippen molar-refractivity contribution in [1.29, 1.82) is 0 Å². The van der Waals surface area contributed by atoms with E-state index in [0.29, 0.717) is 17.4 Å². The van der Waals surface area contributed by atoms with Crippen LogP contribution >= 0.6 is 24.0 Å². The van der Waals surface area contributed by atoms with Crippen molar-refractivity contribution in [3.8, 4) is 5.75 Å². The molecule has 1 fully saturated rings. The molecule has 2 N–H and O–H groups in total. The minimum absolute atomic E-state index is 0. The lowest BCUT2D eigenvalue weighted by molar-refractivity contribution is 0.236. The maximum absolute atomic E-state index is 12.8. The van der Waals surface area contributed by atoms with Gasteiger partial charge in [-0.3, -0.25) is 4.90 Å². The third-order valence-electron chi connectivity index (χ3n) is 2.87. The van der Waals surface area contributed by atoms with Gasteiger partial charge in [0.15, 0.2) is 0 Å². The third-order valence-corrected chi connectivity index (χ3v) is 3.16. The van der Waals surface area contributed by atoms with Gasteiger partial charge in [-0.2, -0.15) is 0 Å². The van der Waals surface area contributed by atoms with Gasteiger partial charge in [-0.05, 0) is 31.2 Å². The summed E-state index contributed by atoms with van der Waals surface area (Å²) in [5.74, 6) is 0.171. The average molecular weight is 295 g/mol. The van der Waals surface area contributed by atoms with E-state index in [4.69, 9.17) is 22.1 Å². The van der Waals surface area contributed by atoms with Gasteiger partial charge in [0.05, 0.1) is 5.02 Å². The Labute approximate surface area is 117 Å². The zero-order valence-electron chi connectivity index (χ0n) is 9.94. The largest absolute Gasteiger partial charge is 0.491 e. The van der Waals surface area contributed by atoms with Gasteiger partial charge in [0.25, 0.3) is 0 Å². The second-order valence-corrected chi connectivity index (χ2v) is 4.68. The highest BCUT2D eigenvalue weighted by molar-refractivity contribution is 6.32. The molecule has 0 spiro atoms. The van der Waals surface area contributed by atoms with Gasteiger partial charge >= 0.3 is 0 Å². The molecule has 1 aliphatic rings. The summed E-state index contributed by atoms with van der Waals surface area (Å²) in [6.45, 7) is 3.29. The standard InChI is InChI=1S/C12H16ClFN2O.ClH/c13-11-7-9(14)1-2-12(11)17-6-5-16-4-3-10(15)8-16;/h1-2,7,10H,3-6,8,15H2;1H/t10-;/m1./s1. The van der Waals surface area contributed by atoms with Crippen molar-refractivity contribution in [1.82, 2.24) is 4.90 Å². The van der Waals surface area contributed by atoms with Gasteiger partial charge in [-0.25, -0.2) is 4.39 Å². The Morgan fingerprint density at radius 1 is 1.50 bits per heavy atom. The number of rotatable bonds is 4. The number of nitrogens with two attached hydrogens (primary N) is 1. The Balaban J connectivity index is 0.00000162. The number of ether oxygens (including phenoxy) is 1. The summed E-state index contributed by atoms with van der Waals surface area (Å²) >= 11 is 5.85. The van der Waals surface area contributed by atoms with Gasteiger partial charge in [0, 0.05) is 19.1 Å². The van der Waals surface area contributed by atoms with Crippen LogP contribution in [0.25, 0.3) is 0 Å². The third kappa shape index (κ3) is 4.28. The Morgan fingerprint density at radius 2 is 2.28 bits per heavy atom. The summed E-state index contributed by atoms with van der Waals surface area (Å²) in [7, 11) is 0. The first kappa shape index (κ1) is 15.5. The molecule has 0 aromatic heterocycles. The molecule has 0 bridgehead atoms. The summed E-state index contributed by atoms with van der Waals surface area (Å²) in [4.78, 5) is 2.25. The van der Waals surface area contributed by atoms with Crippen LogP contribution in [0.2, 0.25) is 5.02 Å². The van der Waals surface area contributed by atoms with Gasteiger partial charge in [-0.15, -0.1) is 12.4 Å². The van der Waals surface area contributed by atoms with Crippen LogP contribution in [0.3, 0.4) is 0 Å². The molecule has 0 saturated carbocycles. The lowest BCUT2D eigenvalue weighted by Crippen LogP contribution is -2.29. The van der Waals surface area contributed by atoms with Crippen LogP contribution in [-0.2, 0) is 0 Å². The van der Waals surface area contributed by atoms with Crippen molar-refractivity contribution in [3.05, 3.63) is 29.0 Å². The Bertz CT molecular complexity index is 392. The number of hydrogen-bond acceptors (Lipinski definition) is 3. The Morgan fingerprint density at radius 3 is 2.89 bits per heavy atom. The summed E-state index contributed by atoms with van der Waals surface area (Å²) < 4.78 is 18.3. The Kier molecular flexibility index (Phi) is 6.15. The number of nitrogens with zero attached hydrogens (tertiary/aromatic N) is 1. The highest BCUT2D eigenvalue weighted by atomic mass is 35.5. The molecule has 1 aromatic carbocycles. The second kappa shape index (κ2) is 7.14. The molecule has 1 heterocycles. The highest BCUT2D eigenvalue weighted by Gasteiger charge is 2.18. The fourth-order valence-electron chi connectivity index (χ4n) is 1.94. The van der Waals surface area contributed by atoms with E-state index < -0.39 is 0 Å². The summed E-state index contributed by atoms with van der Waals surface area (Å²) in [5, 5.41) is 0.308. The van der Waals surface area contributed by atoms with Crippen molar-refractivity contribution in [2.45, 2.75) is 12.5 Å². The lowest BCUT2D eigenvalue weighted by atomic mass is 10.3. The molecule has 18 heavy (non-hydrogen) atoms. The Hall–Kier alpha value is -0.550. The van der Waals surface area contributed by atoms with Crippen molar-refractivity contribution in [3.63, 3.8) is 0 Å². The summed E-state index contributed by atoms with van der Waals surface area (Å²) in [6, 6.07) is 4.42. The van der Waals surface area contributed by atoms with Crippen LogP contribution in [0.4, 0.5) is 4.39 Å². The first-order valence-corrected chi connectivity index (χ1v) is 6.09. The van der Waals surface area contributed by atoms with Gasteiger partial charge < -0.3 is 10.5 Å². The summed E-state index contributed by atoms with van der Waals surface area (Å²) in [6.07, 6.45) is 1.04. The molecule has 1 atom stereocenters. The van der Waals surface area contributed by atoms with Crippen LogP contribution in [0.5, 0.6) is 5.75 Å². The van der Waals surface area contributed by atoms with E-state index in [2.05, 4.69) is 4.90 Å².